The van der Waals surface area contributed by atoms with Crippen molar-refractivity contribution in [2.24, 2.45) is 23.7 Å². The predicted molar refractivity (Wildman–Crippen MR) is 95.3 cm³/mol. The summed E-state index contributed by atoms with van der Waals surface area (Å²) in [5.74, 6) is -1.03. The smallest absolute Gasteiger partial charge is 0.318 e. The molecular formula is C21H30O5. The summed E-state index contributed by atoms with van der Waals surface area (Å²) in [5.41, 5.74) is 1.27. The van der Waals surface area contributed by atoms with Gasteiger partial charge in [0.25, 0.3) is 0 Å². The van der Waals surface area contributed by atoms with Crippen LogP contribution in [0.1, 0.15) is 57.8 Å². The number of hydrogen-bond donors (Lipinski definition) is 0. The molecule has 0 amide bonds. The molecule has 2 heterocycles. The average Bonchev–Trinajstić information content (AvgIpc) is 2.93. The Hall–Kier alpha value is -1.20. The number of fused-ring (bicyclic) bond motifs is 4. The van der Waals surface area contributed by atoms with Crippen LogP contribution < -0.4 is 0 Å². The molecule has 0 N–H and O–H groups in total. The lowest BCUT2D eigenvalue weighted by atomic mass is 9.62. The Morgan fingerprint density at radius 1 is 0.769 bits per heavy atom. The molecule has 0 aromatic heterocycles. The molecule has 1 saturated heterocycles. The van der Waals surface area contributed by atoms with Crippen molar-refractivity contribution in [2.45, 2.75) is 63.9 Å². The molecule has 5 nitrogen and oxygen atoms in total. The van der Waals surface area contributed by atoms with E-state index < -0.39 is 0 Å². The van der Waals surface area contributed by atoms with Crippen molar-refractivity contribution in [1.82, 2.24) is 0 Å². The number of ether oxygens (including phenoxy) is 3. The van der Waals surface area contributed by atoms with Gasteiger partial charge in [0.15, 0.2) is 0 Å². The summed E-state index contributed by atoms with van der Waals surface area (Å²) in [6.07, 6.45) is 11.7. The largest absolute Gasteiger partial charge is 0.393 e. The Kier molecular flexibility index (Phi) is 5.75. The first kappa shape index (κ1) is 18.2. The van der Waals surface area contributed by atoms with Crippen LogP contribution >= 0.6 is 0 Å². The molecule has 2 aliphatic heterocycles. The molecule has 144 valence electrons. The first-order valence-corrected chi connectivity index (χ1v) is 10.4. The minimum Gasteiger partial charge on any atom is -0.393 e. The Balaban J connectivity index is 1.59. The van der Waals surface area contributed by atoms with Crippen LogP contribution in [0.3, 0.4) is 0 Å². The van der Waals surface area contributed by atoms with Gasteiger partial charge in [-0.15, -0.1) is 0 Å². The van der Waals surface area contributed by atoms with Crippen molar-refractivity contribution < 1.29 is 23.8 Å². The number of cyclic esters (lactones) is 2. The highest BCUT2D eigenvalue weighted by Gasteiger charge is 2.55. The highest BCUT2D eigenvalue weighted by atomic mass is 16.6. The van der Waals surface area contributed by atoms with Crippen LogP contribution in [-0.2, 0) is 23.8 Å². The second kappa shape index (κ2) is 8.22. The summed E-state index contributed by atoms with van der Waals surface area (Å²) >= 11 is 0. The molecule has 0 unspecified atom stereocenters. The third-order valence-corrected chi connectivity index (χ3v) is 6.54. The van der Waals surface area contributed by atoms with E-state index >= 15 is 0 Å². The highest BCUT2D eigenvalue weighted by Crippen LogP contribution is 2.50. The normalized spacial score (nSPS) is 39.2. The van der Waals surface area contributed by atoms with Crippen LogP contribution in [0.25, 0.3) is 0 Å². The van der Waals surface area contributed by atoms with Gasteiger partial charge in [-0.2, -0.15) is 0 Å². The summed E-state index contributed by atoms with van der Waals surface area (Å²) in [4.78, 5) is 24.8. The number of carbonyl (C=O) groups is 2. The maximum Gasteiger partial charge on any atom is 0.318 e. The summed E-state index contributed by atoms with van der Waals surface area (Å²) in [7, 11) is 0. The number of rotatable bonds is 0. The minimum atomic E-state index is -0.317. The van der Waals surface area contributed by atoms with Crippen LogP contribution in [-0.4, -0.2) is 37.9 Å². The number of esters is 2. The van der Waals surface area contributed by atoms with Crippen LogP contribution in [0.4, 0.5) is 0 Å². The zero-order chi connectivity index (χ0) is 17.9. The topological polar surface area (TPSA) is 61.8 Å². The zero-order valence-corrected chi connectivity index (χ0v) is 15.5. The van der Waals surface area contributed by atoms with E-state index in [1.807, 2.05) is 0 Å². The van der Waals surface area contributed by atoms with E-state index in [1.54, 1.807) is 0 Å². The van der Waals surface area contributed by atoms with E-state index in [4.69, 9.17) is 14.2 Å². The molecule has 0 aromatic carbocycles. The van der Waals surface area contributed by atoms with E-state index in [0.717, 1.165) is 64.8 Å². The zero-order valence-electron chi connectivity index (χ0n) is 15.5. The van der Waals surface area contributed by atoms with Crippen molar-refractivity contribution >= 4 is 11.9 Å². The molecule has 1 saturated carbocycles. The van der Waals surface area contributed by atoms with Crippen molar-refractivity contribution in [3.8, 4) is 0 Å². The molecule has 2 fully saturated rings. The van der Waals surface area contributed by atoms with Crippen LogP contribution in [0.2, 0.25) is 0 Å². The van der Waals surface area contributed by atoms with E-state index in [0.29, 0.717) is 0 Å². The van der Waals surface area contributed by atoms with Crippen LogP contribution in [0.15, 0.2) is 11.6 Å². The van der Waals surface area contributed by atoms with Crippen molar-refractivity contribution in [3.05, 3.63) is 11.6 Å². The van der Waals surface area contributed by atoms with Crippen LogP contribution in [0, 0.1) is 23.7 Å². The van der Waals surface area contributed by atoms with E-state index in [2.05, 4.69) is 6.08 Å². The van der Waals surface area contributed by atoms with E-state index in [1.165, 1.54) is 18.4 Å². The SMILES string of the molecule is O=C1OC(=O)[C@H]2[C@@H]1[C@@H]1C=C3[C@H]2CCC[C@H]3OCCCCCCOCCC1. The summed E-state index contributed by atoms with van der Waals surface area (Å²) in [6, 6.07) is 0. The maximum atomic E-state index is 12.4. The van der Waals surface area contributed by atoms with Gasteiger partial charge in [0.2, 0.25) is 0 Å². The molecule has 0 radical (unpaired) electrons. The standard InChI is InChI=1S/C21H30O5/c22-20-18-14-7-6-11-24-10-3-1-2-4-12-25-17-9-5-8-15(16(17)13-14)19(18)21(23)26-20/h13-15,17-19H,1-12H2/t14-,15+,17+,18-,19+/m0/s1. The first-order valence-electron chi connectivity index (χ1n) is 10.4. The number of carbonyl (C=O) groups excluding carboxylic acids is 2. The van der Waals surface area contributed by atoms with Crippen molar-refractivity contribution in [2.75, 3.05) is 19.8 Å². The quantitative estimate of drug-likeness (QED) is 0.375. The van der Waals surface area contributed by atoms with Crippen LogP contribution in [0.5, 0.6) is 0 Å². The monoisotopic (exact) mass is 362 g/mol. The van der Waals surface area contributed by atoms with Gasteiger partial charge < -0.3 is 14.2 Å². The van der Waals surface area contributed by atoms with Crippen molar-refractivity contribution in [1.29, 1.82) is 0 Å². The van der Waals surface area contributed by atoms with Gasteiger partial charge in [-0.1, -0.05) is 18.9 Å². The van der Waals surface area contributed by atoms with Gasteiger partial charge in [0, 0.05) is 19.8 Å². The third kappa shape index (κ3) is 3.61. The number of allylic oxidation sites excluding steroid dienone is 1. The summed E-state index contributed by atoms with van der Waals surface area (Å²) < 4.78 is 17.1. The lowest BCUT2D eigenvalue weighted by molar-refractivity contribution is -0.154. The van der Waals surface area contributed by atoms with Gasteiger partial charge in [-0.25, -0.2) is 0 Å². The van der Waals surface area contributed by atoms with Gasteiger partial charge in [0.05, 0.1) is 17.9 Å². The van der Waals surface area contributed by atoms with E-state index in [9.17, 15) is 9.59 Å². The number of hydrogen-bond acceptors (Lipinski definition) is 5. The Labute approximate surface area is 155 Å². The summed E-state index contributed by atoms with van der Waals surface area (Å²) in [6.45, 7) is 2.31. The minimum absolute atomic E-state index is 0.0723. The Bertz CT molecular complexity index is 569. The molecule has 2 aliphatic carbocycles. The fourth-order valence-corrected chi connectivity index (χ4v) is 5.30. The second-order valence-electron chi connectivity index (χ2n) is 8.19. The maximum absolute atomic E-state index is 12.4. The lowest BCUT2D eigenvalue weighted by Crippen LogP contribution is -2.41. The third-order valence-electron chi connectivity index (χ3n) is 6.54. The van der Waals surface area contributed by atoms with Gasteiger partial charge in [-0.3, -0.25) is 9.59 Å². The Morgan fingerprint density at radius 3 is 2.42 bits per heavy atom. The molecular weight excluding hydrogens is 332 g/mol. The average molecular weight is 362 g/mol. The Morgan fingerprint density at radius 2 is 1.54 bits per heavy atom. The highest BCUT2D eigenvalue weighted by molar-refractivity contribution is 5.97. The molecule has 5 atom stereocenters. The first-order chi connectivity index (χ1) is 12.8. The van der Waals surface area contributed by atoms with Gasteiger partial charge >= 0.3 is 11.9 Å². The second-order valence-corrected chi connectivity index (χ2v) is 8.19. The fourth-order valence-electron chi connectivity index (χ4n) is 5.30. The van der Waals surface area contributed by atoms with Gasteiger partial charge in [0.1, 0.15) is 0 Å². The molecule has 4 aliphatic rings. The lowest BCUT2D eigenvalue weighted by Gasteiger charge is -2.41. The molecule has 4 rings (SSSR count). The molecule has 0 aromatic rings. The van der Waals surface area contributed by atoms with E-state index in [-0.39, 0.29) is 41.7 Å². The predicted octanol–water partition coefficient (Wildman–Crippen LogP) is 3.41. The molecule has 26 heavy (non-hydrogen) atoms. The van der Waals surface area contributed by atoms with Crippen molar-refractivity contribution in [3.63, 3.8) is 0 Å². The molecule has 5 heteroatoms. The molecule has 2 bridgehead atoms. The van der Waals surface area contributed by atoms with Gasteiger partial charge in [-0.05, 0) is 62.4 Å². The fraction of sp³-hybridized carbons (Fsp3) is 0.810. The summed E-state index contributed by atoms with van der Waals surface area (Å²) in [5, 5.41) is 0. The molecule has 0 spiro atoms.